The molecule has 3 rings (SSSR count). The van der Waals surface area contributed by atoms with Gasteiger partial charge in [-0.1, -0.05) is 11.6 Å². The minimum absolute atomic E-state index is 0.104. The van der Waals surface area contributed by atoms with Crippen molar-refractivity contribution in [1.82, 2.24) is 9.71 Å². The van der Waals surface area contributed by atoms with Gasteiger partial charge in [-0.25, -0.2) is 13.1 Å². The van der Waals surface area contributed by atoms with E-state index in [4.69, 9.17) is 0 Å². The van der Waals surface area contributed by atoms with Crippen LogP contribution in [0.25, 0.3) is 5.57 Å². The maximum absolute atomic E-state index is 12.5. The molecule has 0 unspecified atom stereocenters. The number of aromatic nitrogens is 1. The van der Waals surface area contributed by atoms with Gasteiger partial charge in [-0.15, -0.1) is 0 Å². The number of carbonyl (C=O) groups is 1. The highest BCUT2D eigenvalue weighted by Crippen LogP contribution is 2.35. The van der Waals surface area contributed by atoms with E-state index in [9.17, 15) is 13.2 Å². The number of benzene rings is 1. The van der Waals surface area contributed by atoms with Crippen LogP contribution in [0.2, 0.25) is 0 Å². The normalized spacial score (nSPS) is 13.6. The number of amides is 1. The average molecular weight is 343 g/mol. The van der Waals surface area contributed by atoms with Gasteiger partial charge in [0, 0.05) is 23.0 Å². The highest BCUT2D eigenvalue weighted by molar-refractivity contribution is 7.89. The maximum Gasteiger partial charge on any atom is 0.256 e. The summed E-state index contributed by atoms with van der Waals surface area (Å²) in [6.45, 7) is 3.75. The number of sulfonamides is 1. The number of rotatable bonds is 4. The molecule has 24 heavy (non-hydrogen) atoms. The van der Waals surface area contributed by atoms with Crippen LogP contribution in [0.4, 0.5) is 5.69 Å². The van der Waals surface area contributed by atoms with Crippen LogP contribution in [-0.2, 0) is 21.4 Å². The number of hydrogen-bond donors (Lipinski definition) is 2. The van der Waals surface area contributed by atoms with Crippen molar-refractivity contribution in [3.05, 3.63) is 59.4 Å². The Morgan fingerprint density at radius 2 is 2.00 bits per heavy atom. The zero-order valence-electron chi connectivity index (χ0n) is 13.3. The molecule has 1 aromatic heterocycles. The third-order valence-corrected chi connectivity index (χ3v) is 5.11. The zero-order chi connectivity index (χ0) is 17.3. The topological polar surface area (TPSA) is 88.2 Å². The summed E-state index contributed by atoms with van der Waals surface area (Å²) in [7, 11) is -3.70. The quantitative estimate of drug-likeness (QED) is 0.834. The molecule has 0 bridgehead atoms. The van der Waals surface area contributed by atoms with Crippen LogP contribution in [0.3, 0.4) is 0 Å². The largest absolute Gasteiger partial charge is 0.321 e. The predicted octanol–water partition coefficient (Wildman–Crippen LogP) is 2.31. The van der Waals surface area contributed by atoms with E-state index in [-0.39, 0.29) is 17.3 Å². The van der Waals surface area contributed by atoms with E-state index in [1.807, 2.05) is 13.8 Å². The van der Waals surface area contributed by atoms with Crippen molar-refractivity contribution in [1.29, 1.82) is 0 Å². The lowest BCUT2D eigenvalue weighted by Gasteiger charge is -2.08. The monoisotopic (exact) mass is 343 g/mol. The van der Waals surface area contributed by atoms with Crippen molar-refractivity contribution in [3.8, 4) is 0 Å². The van der Waals surface area contributed by atoms with E-state index in [2.05, 4.69) is 15.0 Å². The summed E-state index contributed by atoms with van der Waals surface area (Å²) in [4.78, 5) is 16.2. The molecule has 0 spiro atoms. The molecule has 1 aliphatic heterocycles. The van der Waals surface area contributed by atoms with Gasteiger partial charge >= 0.3 is 0 Å². The molecule has 2 aromatic rings. The van der Waals surface area contributed by atoms with E-state index >= 15 is 0 Å². The van der Waals surface area contributed by atoms with Gasteiger partial charge in [-0.3, -0.25) is 9.78 Å². The first-order chi connectivity index (χ1) is 11.4. The lowest BCUT2D eigenvalue weighted by atomic mass is 10.0. The lowest BCUT2D eigenvalue weighted by molar-refractivity contribution is -0.110. The van der Waals surface area contributed by atoms with Crippen LogP contribution < -0.4 is 10.0 Å². The number of pyridine rings is 1. The standard InChI is InChI=1S/C17H17N3O3S/c1-11(2)16-14-9-13(6-7-15(14)20-17(16)21)24(22,23)19-10-12-5-3-4-8-18-12/h3-9,19H,10H2,1-2H3,(H,20,21). The second kappa shape index (κ2) is 6.18. The molecule has 0 aliphatic carbocycles. The van der Waals surface area contributed by atoms with Crippen molar-refractivity contribution < 1.29 is 13.2 Å². The predicted molar refractivity (Wildman–Crippen MR) is 91.6 cm³/mol. The smallest absolute Gasteiger partial charge is 0.256 e. The maximum atomic E-state index is 12.5. The molecule has 0 atom stereocenters. The van der Waals surface area contributed by atoms with Gasteiger partial charge in [0.25, 0.3) is 5.91 Å². The molecule has 1 amide bonds. The van der Waals surface area contributed by atoms with Crippen molar-refractivity contribution in [2.45, 2.75) is 25.3 Å². The molecule has 0 radical (unpaired) electrons. The summed E-state index contributed by atoms with van der Waals surface area (Å²) in [5, 5.41) is 2.74. The first kappa shape index (κ1) is 16.4. The minimum Gasteiger partial charge on any atom is -0.321 e. The van der Waals surface area contributed by atoms with Gasteiger partial charge in [-0.05, 0) is 44.2 Å². The number of nitrogens with zero attached hydrogens (tertiary/aromatic N) is 1. The number of nitrogens with one attached hydrogen (secondary N) is 2. The average Bonchev–Trinajstić information content (AvgIpc) is 2.89. The molecule has 1 aromatic carbocycles. The Kier molecular flexibility index (Phi) is 4.21. The van der Waals surface area contributed by atoms with Crippen molar-refractivity contribution >= 4 is 27.2 Å². The fourth-order valence-corrected chi connectivity index (χ4v) is 3.59. The van der Waals surface area contributed by atoms with Crippen LogP contribution in [0.15, 0.2) is 53.1 Å². The molecule has 124 valence electrons. The Hall–Kier alpha value is -2.51. The molecule has 6 nitrogen and oxygen atoms in total. The zero-order valence-corrected chi connectivity index (χ0v) is 14.1. The van der Waals surface area contributed by atoms with Crippen molar-refractivity contribution in [2.24, 2.45) is 0 Å². The van der Waals surface area contributed by atoms with Crippen LogP contribution in [0.1, 0.15) is 25.1 Å². The van der Waals surface area contributed by atoms with E-state index in [1.54, 1.807) is 30.5 Å². The Morgan fingerprint density at radius 3 is 2.67 bits per heavy atom. The van der Waals surface area contributed by atoms with Crippen LogP contribution in [-0.4, -0.2) is 19.3 Å². The van der Waals surface area contributed by atoms with E-state index in [0.29, 0.717) is 22.5 Å². The minimum atomic E-state index is -3.70. The first-order valence-corrected chi connectivity index (χ1v) is 8.89. The number of hydrogen-bond acceptors (Lipinski definition) is 4. The van der Waals surface area contributed by atoms with Gasteiger partial charge < -0.3 is 5.32 Å². The molecule has 0 saturated carbocycles. The number of fused-ring (bicyclic) bond motifs is 1. The van der Waals surface area contributed by atoms with E-state index < -0.39 is 10.0 Å². The van der Waals surface area contributed by atoms with Gasteiger partial charge in [0.05, 0.1) is 17.1 Å². The van der Waals surface area contributed by atoms with Gasteiger partial charge in [-0.2, -0.15) is 0 Å². The van der Waals surface area contributed by atoms with Gasteiger partial charge in [0.2, 0.25) is 10.0 Å². The lowest BCUT2D eigenvalue weighted by Crippen LogP contribution is -2.23. The summed E-state index contributed by atoms with van der Waals surface area (Å²) >= 11 is 0. The molecule has 2 heterocycles. The highest BCUT2D eigenvalue weighted by Gasteiger charge is 2.27. The second-order valence-corrected chi connectivity index (χ2v) is 7.45. The molecule has 1 aliphatic rings. The van der Waals surface area contributed by atoms with Crippen LogP contribution >= 0.6 is 0 Å². The van der Waals surface area contributed by atoms with Gasteiger partial charge in [0.15, 0.2) is 0 Å². The summed E-state index contributed by atoms with van der Waals surface area (Å²) in [6, 6.07) is 9.92. The summed E-state index contributed by atoms with van der Waals surface area (Å²) in [6.07, 6.45) is 1.61. The Morgan fingerprint density at radius 1 is 1.21 bits per heavy atom. The van der Waals surface area contributed by atoms with Crippen molar-refractivity contribution in [3.63, 3.8) is 0 Å². The summed E-state index contributed by atoms with van der Waals surface area (Å²) in [5.74, 6) is -0.207. The van der Waals surface area contributed by atoms with E-state index in [0.717, 1.165) is 5.57 Å². The molecule has 2 N–H and O–H groups in total. The number of carbonyl (C=O) groups excluding carboxylic acids is 1. The molecular formula is C17H17N3O3S. The highest BCUT2D eigenvalue weighted by atomic mass is 32.2. The van der Waals surface area contributed by atoms with Crippen LogP contribution in [0, 0.1) is 0 Å². The summed E-state index contributed by atoms with van der Waals surface area (Å²) in [5.41, 5.74) is 3.22. The van der Waals surface area contributed by atoms with Crippen LogP contribution in [0.5, 0.6) is 0 Å². The molecular weight excluding hydrogens is 326 g/mol. The number of allylic oxidation sites excluding steroid dienone is 1. The fraction of sp³-hybridized carbons (Fsp3) is 0.176. The SMILES string of the molecule is CC(C)=C1C(=O)Nc2ccc(S(=O)(=O)NCc3ccccn3)cc21. The van der Waals surface area contributed by atoms with Crippen molar-refractivity contribution in [2.75, 3.05) is 5.32 Å². The van der Waals surface area contributed by atoms with E-state index in [1.165, 1.54) is 12.1 Å². The Balaban J connectivity index is 1.91. The third-order valence-electron chi connectivity index (χ3n) is 3.72. The number of anilines is 1. The molecule has 0 fully saturated rings. The Bertz CT molecular complexity index is 931. The Labute approximate surface area is 140 Å². The molecule has 7 heteroatoms. The van der Waals surface area contributed by atoms with Gasteiger partial charge in [0.1, 0.15) is 0 Å². The summed E-state index contributed by atoms with van der Waals surface area (Å²) < 4.78 is 27.5. The molecule has 0 saturated heterocycles. The first-order valence-electron chi connectivity index (χ1n) is 7.41. The second-order valence-electron chi connectivity index (χ2n) is 5.68. The third kappa shape index (κ3) is 3.08. The fourth-order valence-electron chi connectivity index (χ4n) is 2.56.